The number of hydrogen-bond acceptors (Lipinski definition) is 4. The van der Waals surface area contributed by atoms with E-state index in [4.69, 9.17) is 27.9 Å². The van der Waals surface area contributed by atoms with E-state index in [2.05, 4.69) is 26.5 Å². The van der Waals surface area contributed by atoms with Crippen molar-refractivity contribution >= 4 is 51.3 Å². The molecule has 29 heavy (non-hydrogen) atoms. The predicted molar refractivity (Wildman–Crippen MR) is 118 cm³/mol. The highest BCUT2D eigenvalue weighted by molar-refractivity contribution is 9.10. The van der Waals surface area contributed by atoms with Gasteiger partial charge in [-0.3, -0.25) is 4.79 Å². The first-order chi connectivity index (χ1) is 13.9. The Labute approximate surface area is 186 Å². The van der Waals surface area contributed by atoms with Gasteiger partial charge in [-0.15, -0.1) is 0 Å². The highest BCUT2D eigenvalue weighted by atomic mass is 79.9. The fourth-order valence-electron chi connectivity index (χ4n) is 2.42. The van der Waals surface area contributed by atoms with Gasteiger partial charge in [0.25, 0.3) is 5.91 Å². The van der Waals surface area contributed by atoms with Gasteiger partial charge in [-0.05, 0) is 42.5 Å². The third kappa shape index (κ3) is 5.73. The van der Waals surface area contributed by atoms with Crippen molar-refractivity contribution < 1.29 is 14.6 Å². The fraction of sp³-hybridized carbons (Fsp3) is 0.0476. The molecule has 0 heterocycles. The third-order valence-corrected chi connectivity index (χ3v) is 4.97. The van der Waals surface area contributed by atoms with Crippen LogP contribution in [0, 0.1) is 0 Å². The number of hydrogen-bond donors (Lipinski definition) is 2. The SMILES string of the molecule is O=C(N/N=C/c1ccccc1OCc1ccc(Cl)cc1Cl)c1cc(Br)ccc1O. The molecular weight excluding hydrogens is 479 g/mol. The van der Waals surface area contributed by atoms with E-state index in [1.807, 2.05) is 12.1 Å². The van der Waals surface area contributed by atoms with Crippen LogP contribution in [0.3, 0.4) is 0 Å². The van der Waals surface area contributed by atoms with Gasteiger partial charge in [-0.25, -0.2) is 5.43 Å². The Morgan fingerprint density at radius 1 is 1.14 bits per heavy atom. The van der Waals surface area contributed by atoms with Crippen molar-refractivity contribution in [2.75, 3.05) is 0 Å². The molecular formula is C21H15BrCl2N2O3. The number of ether oxygens (including phenoxy) is 1. The number of aromatic hydroxyl groups is 1. The van der Waals surface area contributed by atoms with Crippen LogP contribution in [-0.4, -0.2) is 17.2 Å². The second-order valence-electron chi connectivity index (χ2n) is 5.92. The second-order valence-corrected chi connectivity index (χ2v) is 7.68. The zero-order valence-electron chi connectivity index (χ0n) is 14.9. The molecule has 0 aliphatic carbocycles. The van der Waals surface area contributed by atoms with Crippen LogP contribution in [0.15, 0.2) is 70.2 Å². The van der Waals surface area contributed by atoms with Crippen LogP contribution in [0.25, 0.3) is 0 Å². The van der Waals surface area contributed by atoms with Crippen LogP contribution in [0.1, 0.15) is 21.5 Å². The standard InChI is InChI=1S/C21H15BrCl2N2O3/c22-15-6-8-19(27)17(9-15)21(28)26-25-11-13-3-1-2-4-20(13)29-12-14-5-7-16(23)10-18(14)24/h1-11,27H,12H2,(H,26,28)/b25-11+. The Kier molecular flexibility index (Phi) is 7.14. The maximum absolute atomic E-state index is 12.2. The number of amides is 1. The fourth-order valence-corrected chi connectivity index (χ4v) is 3.25. The van der Waals surface area contributed by atoms with Crippen molar-refractivity contribution in [1.29, 1.82) is 0 Å². The maximum Gasteiger partial charge on any atom is 0.275 e. The minimum absolute atomic E-state index is 0.110. The summed E-state index contributed by atoms with van der Waals surface area (Å²) in [7, 11) is 0. The van der Waals surface area contributed by atoms with E-state index >= 15 is 0 Å². The number of nitrogens with zero attached hydrogens (tertiary/aromatic N) is 1. The molecule has 0 aliphatic heterocycles. The van der Waals surface area contributed by atoms with Gasteiger partial charge in [-0.1, -0.05) is 57.3 Å². The molecule has 2 N–H and O–H groups in total. The van der Waals surface area contributed by atoms with Crippen LogP contribution in [0.5, 0.6) is 11.5 Å². The molecule has 0 saturated heterocycles. The lowest BCUT2D eigenvalue weighted by Gasteiger charge is -2.10. The molecule has 0 aliphatic rings. The summed E-state index contributed by atoms with van der Waals surface area (Å²) < 4.78 is 6.51. The molecule has 0 fully saturated rings. The summed E-state index contributed by atoms with van der Waals surface area (Å²) in [5, 5.41) is 14.8. The molecule has 3 aromatic carbocycles. The Morgan fingerprint density at radius 2 is 1.93 bits per heavy atom. The average Bonchev–Trinajstić information content (AvgIpc) is 2.70. The molecule has 3 aromatic rings. The van der Waals surface area contributed by atoms with Crippen LogP contribution >= 0.6 is 39.1 Å². The van der Waals surface area contributed by atoms with Crippen molar-refractivity contribution in [3.63, 3.8) is 0 Å². The molecule has 0 bridgehead atoms. The summed E-state index contributed by atoms with van der Waals surface area (Å²) >= 11 is 15.3. The number of phenols is 1. The van der Waals surface area contributed by atoms with Gasteiger partial charge in [0, 0.05) is 25.6 Å². The first kappa shape index (κ1) is 21.2. The molecule has 0 unspecified atom stereocenters. The summed E-state index contributed by atoms with van der Waals surface area (Å²) in [4.78, 5) is 12.2. The van der Waals surface area contributed by atoms with Gasteiger partial charge < -0.3 is 9.84 Å². The highest BCUT2D eigenvalue weighted by Gasteiger charge is 2.11. The summed E-state index contributed by atoms with van der Waals surface area (Å²) in [6.07, 6.45) is 1.46. The minimum Gasteiger partial charge on any atom is -0.507 e. The molecule has 0 aromatic heterocycles. The monoisotopic (exact) mass is 492 g/mol. The molecule has 8 heteroatoms. The first-order valence-electron chi connectivity index (χ1n) is 8.41. The number of nitrogens with one attached hydrogen (secondary N) is 1. The smallest absolute Gasteiger partial charge is 0.275 e. The molecule has 0 radical (unpaired) electrons. The van der Waals surface area contributed by atoms with E-state index in [0.29, 0.717) is 25.8 Å². The number of hydrazone groups is 1. The summed E-state index contributed by atoms with van der Waals surface area (Å²) in [5.41, 5.74) is 3.96. The summed E-state index contributed by atoms with van der Waals surface area (Å²) in [6, 6.07) is 17.0. The topological polar surface area (TPSA) is 70.9 Å². The van der Waals surface area contributed by atoms with Gasteiger partial charge >= 0.3 is 0 Å². The molecule has 0 saturated carbocycles. The molecule has 3 rings (SSSR count). The van der Waals surface area contributed by atoms with Crippen molar-refractivity contribution in [1.82, 2.24) is 5.43 Å². The van der Waals surface area contributed by atoms with E-state index < -0.39 is 5.91 Å². The van der Waals surface area contributed by atoms with E-state index in [0.717, 1.165) is 5.56 Å². The van der Waals surface area contributed by atoms with Gasteiger partial charge in [-0.2, -0.15) is 5.10 Å². The number of para-hydroxylation sites is 1. The summed E-state index contributed by atoms with van der Waals surface area (Å²) in [6.45, 7) is 0.249. The molecule has 148 valence electrons. The lowest BCUT2D eigenvalue weighted by atomic mass is 10.2. The Morgan fingerprint density at radius 3 is 2.72 bits per heavy atom. The minimum atomic E-state index is -0.536. The largest absolute Gasteiger partial charge is 0.507 e. The molecule has 5 nitrogen and oxygen atoms in total. The quantitative estimate of drug-likeness (QED) is 0.336. The zero-order chi connectivity index (χ0) is 20.8. The van der Waals surface area contributed by atoms with Crippen molar-refractivity contribution in [2.45, 2.75) is 6.61 Å². The predicted octanol–water partition coefficient (Wildman–Crippen LogP) is 5.80. The number of carbonyl (C=O) groups is 1. The van der Waals surface area contributed by atoms with Crippen LogP contribution in [0.4, 0.5) is 0 Å². The Hall–Kier alpha value is -2.54. The van der Waals surface area contributed by atoms with E-state index in [-0.39, 0.29) is 17.9 Å². The maximum atomic E-state index is 12.2. The number of halogens is 3. The third-order valence-electron chi connectivity index (χ3n) is 3.89. The number of rotatable bonds is 6. The summed E-state index contributed by atoms with van der Waals surface area (Å²) in [5.74, 6) is -0.0994. The number of benzene rings is 3. The second kappa shape index (κ2) is 9.78. The van der Waals surface area contributed by atoms with E-state index in [1.165, 1.54) is 18.3 Å². The molecule has 0 atom stereocenters. The van der Waals surface area contributed by atoms with Crippen molar-refractivity contribution in [3.05, 3.63) is 91.9 Å². The normalized spacial score (nSPS) is 10.9. The molecule has 1 amide bonds. The van der Waals surface area contributed by atoms with Gasteiger partial charge in [0.15, 0.2) is 0 Å². The lowest BCUT2D eigenvalue weighted by Crippen LogP contribution is -2.17. The van der Waals surface area contributed by atoms with Crippen molar-refractivity contribution in [3.8, 4) is 11.5 Å². The Balaban J connectivity index is 1.68. The first-order valence-corrected chi connectivity index (χ1v) is 9.96. The number of carbonyl (C=O) groups excluding carboxylic acids is 1. The van der Waals surface area contributed by atoms with Crippen LogP contribution in [0.2, 0.25) is 10.0 Å². The van der Waals surface area contributed by atoms with E-state index in [9.17, 15) is 9.90 Å². The molecule has 0 spiro atoms. The Bertz CT molecular complexity index is 1070. The lowest BCUT2D eigenvalue weighted by molar-refractivity contribution is 0.0952. The highest BCUT2D eigenvalue weighted by Crippen LogP contribution is 2.24. The van der Waals surface area contributed by atoms with Gasteiger partial charge in [0.1, 0.15) is 18.1 Å². The van der Waals surface area contributed by atoms with Gasteiger partial charge in [0.05, 0.1) is 11.8 Å². The number of phenolic OH excluding ortho intramolecular Hbond substituents is 1. The van der Waals surface area contributed by atoms with Crippen LogP contribution < -0.4 is 10.2 Å². The van der Waals surface area contributed by atoms with E-state index in [1.54, 1.807) is 36.4 Å². The van der Waals surface area contributed by atoms with Crippen LogP contribution in [-0.2, 0) is 6.61 Å². The van der Waals surface area contributed by atoms with Crippen molar-refractivity contribution in [2.24, 2.45) is 5.10 Å². The average molecular weight is 494 g/mol. The van der Waals surface area contributed by atoms with Gasteiger partial charge in [0.2, 0.25) is 0 Å². The zero-order valence-corrected chi connectivity index (χ0v) is 18.0.